The summed E-state index contributed by atoms with van der Waals surface area (Å²) in [7, 11) is 0. The van der Waals surface area contributed by atoms with Crippen molar-refractivity contribution in [3.63, 3.8) is 0 Å². The molecule has 0 aliphatic carbocycles. The van der Waals surface area contributed by atoms with E-state index in [2.05, 4.69) is 21.7 Å². The molecule has 4 aliphatic heterocycles. The number of pyridine rings is 1. The lowest BCUT2D eigenvalue weighted by Gasteiger charge is -2.44. The van der Waals surface area contributed by atoms with Crippen molar-refractivity contribution in [2.75, 3.05) is 25.0 Å². The summed E-state index contributed by atoms with van der Waals surface area (Å²) in [6.45, 7) is 1.95. The summed E-state index contributed by atoms with van der Waals surface area (Å²) in [5.41, 5.74) is 2.15. The first kappa shape index (κ1) is 25.6. The Morgan fingerprint density at radius 3 is 2.14 bits per heavy atom. The third-order valence-electron chi connectivity index (χ3n) is 8.13. The van der Waals surface area contributed by atoms with Crippen molar-refractivity contribution in [3.05, 3.63) is 23.4 Å². The molecule has 192 valence electrons. The predicted molar refractivity (Wildman–Crippen MR) is 137 cm³/mol. The summed E-state index contributed by atoms with van der Waals surface area (Å²) in [5, 5.41) is 5.94. The quantitative estimate of drug-likeness (QED) is 0.564. The predicted octanol–water partition coefficient (Wildman–Crippen LogP) is 4.64. The fourth-order valence-electron chi connectivity index (χ4n) is 5.92. The number of amides is 3. The van der Waals surface area contributed by atoms with Gasteiger partial charge in [-0.2, -0.15) is 0 Å². The van der Waals surface area contributed by atoms with Gasteiger partial charge in [0, 0.05) is 56.1 Å². The van der Waals surface area contributed by atoms with Gasteiger partial charge in [-0.3, -0.25) is 14.4 Å². The van der Waals surface area contributed by atoms with Gasteiger partial charge in [-0.1, -0.05) is 57.4 Å². The Morgan fingerprint density at radius 1 is 0.771 bits per heavy atom. The zero-order chi connectivity index (χ0) is 24.5. The number of aryl methyl sites for hydroxylation is 1. The van der Waals surface area contributed by atoms with Gasteiger partial charge in [-0.15, -0.1) is 0 Å². The fraction of sp³-hybridized carbons (Fsp3) is 0.714. The normalized spacial score (nSPS) is 23.2. The number of nitrogens with one attached hydrogen (secondary N) is 2. The minimum Gasteiger partial charge on any atom is -0.356 e. The monoisotopic (exact) mass is 482 g/mol. The Morgan fingerprint density at radius 2 is 1.43 bits per heavy atom. The fourth-order valence-corrected chi connectivity index (χ4v) is 5.92. The number of rotatable bonds is 0. The number of nitrogens with zero attached hydrogens (tertiary/aromatic N) is 2. The van der Waals surface area contributed by atoms with Gasteiger partial charge in [0.1, 0.15) is 5.82 Å². The Kier molecular flexibility index (Phi) is 9.16. The lowest BCUT2D eigenvalue weighted by atomic mass is 9.68. The van der Waals surface area contributed by atoms with Crippen molar-refractivity contribution in [3.8, 4) is 0 Å². The molecule has 5 heterocycles. The molecule has 0 radical (unpaired) electrons. The number of hydrogen-bond acceptors (Lipinski definition) is 4. The van der Waals surface area contributed by atoms with Gasteiger partial charge in [0.2, 0.25) is 17.7 Å². The minimum absolute atomic E-state index is 0.0161. The van der Waals surface area contributed by atoms with Gasteiger partial charge in [-0.05, 0) is 37.7 Å². The van der Waals surface area contributed by atoms with Crippen molar-refractivity contribution >= 4 is 23.5 Å². The molecule has 35 heavy (non-hydrogen) atoms. The molecule has 1 saturated heterocycles. The second-order valence-electron chi connectivity index (χ2n) is 10.8. The molecule has 1 aromatic rings. The highest BCUT2D eigenvalue weighted by atomic mass is 16.2. The number of piperidine rings is 1. The molecule has 4 aliphatic rings. The van der Waals surface area contributed by atoms with Crippen molar-refractivity contribution in [1.29, 1.82) is 0 Å². The van der Waals surface area contributed by atoms with E-state index in [1.54, 1.807) is 0 Å². The van der Waals surface area contributed by atoms with Crippen molar-refractivity contribution in [2.24, 2.45) is 0 Å². The molecule has 0 unspecified atom stereocenters. The van der Waals surface area contributed by atoms with Gasteiger partial charge in [0.05, 0.1) is 0 Å². The van der Waals surface area contributed by atoms with Crippen LogP contribution >= 0.6 is 0 Å². The van der Waals surface area contributed by atoms with E-state index in [-0.39, 0.29) is 36.0 Å². The summed E-state index contributed by atoms with van der Waals surface area (Å²) in [6.07, 6.45) is 17.7. The second kappa shape index (κ2) is 12.5. The highest BCUT2D eigenvalue weighted by molar-refractivity contribution is 5.94. The molecule has 7 nitrogen and oxygen atoms in total. The van der Waals surface area contributed by atoms with Gasteiger partial charge < -0.3 is 15.5 Å². The molecule has 5 rings (SSSR count). The zero-order valence-corrected chi connectivity index (χ0v) is 21.2. The van der Waals surface area contributed by atoms with E-state index in [4.69, 9.17) is 0 Å². The van der Waals surface area contributed by atoms with Crippen LogP contribution in [-0.2, 0) is 26.2 Å². The second-order valence-corrected chi connectivity index (χ2v) is 10.8. The van der Waals surface area contributed by atoms with Crippen LogP contribution in [0.1, 0.15) is 107 Å². The SMILES string of the molecule is O=C1CCC(=O)N2CCC3(CC2)CC(=O)Nc2ncc(cc23)CCCCCCCCCCCCN1. The Balaban J connectivity index is 1.43. The van der Waals surface area contributed by atoms with Crippen LogP contribution in [0, 0.1) is 0 Å². The lowest BCUT2D eigenvalue weighted by molar-refractivity contribution is -0.135. The van der Waals surface area contributed by atoms with Crippen molar-refractivity contribution in [2.45, 2.75) is 108 Å². The largest absolute Gasteiger partial charge is 0.356 e. The first-order valence-electron chi connectivity index (χ1n) is 13.9. The first-order chi connectivity index (χ1) is 17.1. The van der Waals surface area contributed by atoms with E-state index in [9.17, 15) is 14.4 Å². The Hall–Kier alpha value is -2.44. The maximum atomic E-state index is 12.8. The lowest BCUT2D eigenvalue weighted by Crippen LogP contribution is -2.48. The Bertz CT molecular complexity index is 892. The summed E-state index contributed by atoms with van der Waals surface area (Å²) in [6, 6.07) is 2.27. The zero-order valence-electron chi connectivity index (χ0n) is 21.2. The number of aromatic nitrogens is 1. The topological polar surface area (TPSA) is 91.4 Å². The molecule has 1 fully saturated rings. The maximum absolute atomic E-state index is 12.8. The molecule has 0 atom stereocenters. The van der Waals surface area contributed by atoms with Gasteiger partial charge in [0.15, 0.2) is 0 Å². The highest BCUT2D eigenvalue weighted by Crippen LogP contribution is 2.44. The van der Waals surface area contributed by atoms with E-state index in [1.165, 1.54) is 56.9 Å². The number of carbonyl (C=O) groups is 3. The van der Waals surface area contributed by atoms with E-state index < -0.39 is 0 Å². The molecule has 1 spiro atoms. The van der Waals surface area contributed by atoms with Crippen LogP contribution in [0.5, 0.6) is 0 Å². The van der Waals surface area contributed by atoms with Crippen LogP contribution in [0.15, 0.2) is 12.3 Å². The summed E-state index contributed by atoms with van der Waals surface area (Å²) >= 11 is 0. The summed E-state index contributed by atoms with van der Waals surface area (Å²) in [5.74, 6) is 0.722. The molecule has 7 heteroatoms. The molecular formula is C28H42N4O3. The van der Waals surface area contributed by atoms with Crippen molar-refractivity contribution in [1.82, 2.24) is 15.2 Å². The highest BCUT2D eigenvalue weighted by Gasteiger charge is 2.43. The summed E-state index contributed by atoms with van der Waals surface area (Å²) < 4.78 is 0. The van der Waals surface area contributed by atoms with E-state index in [0.29, 0.717) is 31.9 Å². The molecule has 2 N–H and O–H groups in total. The third-order valence-corrected chi connectivity index (χ3v) is 8.13. The van der Waals surface area contributed by atoms with Gasteiger partial charge in [0.25, 0.3) is 0 Å². The van der Waals surface area contributed by atoms with E-state index >= 15 is 0 Å². The molecule has 0 aromatic carbocycles. The van der Waals surface area contributed by atoms with Gasteiger partial charge >= 0.3 is 0 Å². The van der Waals surface area contributed by atoms with Crippen molar-refractivity contribution < 1.29 is 14.4 Å². The van der Waals surface area contributed by atoms with Crippen LogP contribution in [0.25, 0.3) is 0 Å². The molecular weight excluding hydrogens is 440 g/mol. The third kappa shape index (κ3) is 7.05. The molecule has 1 aromatic heterocycles. The number of fused-ring (bicyclic) bond motifs is 18. The first-order valence-corrected chi connectivity index (χ1v) is 13.9. The molecule has 3 amide bonds. The smallest absolute Gasteiger partial charge is 0.226 e. The standard InChI is InChI=1S/C28H42N4O3/c33-24-12-13-26(35)32-17-14-28(15-18-32)20-25(34)31-27-23(28)19-22(21-30-27)11-9-7-5-3-1-2-4-6-8-10-16-29-24/h19,21H,1-18,20H2,(H,29,33)(H,30,31,34). The van der Waals surface area contributed by atoms with E-state index in [0.717, 1.165) is 37.7 Å². The molecule has 4 bridgehead atoms. The Labute approximate surface area is 209 Å². The average Bonchev–Trinajstić information content (AvgIpc) is 2.85. The van der Waals surface area contributed by atoms with E-state index in [1.807, 2.05) is 11.1 Å². The van der Waals surface area contributed by atoms with Gasteiger partial charge in [-0.25, -0.2) is 4.98 Å². The van der Waals surface area contributed by atoms with Crippen LogP contribution < -0.4 is 10.6 Å². The minimum atomic E-state index is -0.247. The number of hydrogen-bond donors (Lipinski definition) is 2. The number of anilines is 1. The van der Waals surface area contributed by atoms with Crippen LogP contribution in [0.2, 0.25) is 0 Å². The molecule has 0 saturated carbocycles. The van der Waals surface area contributed by atoms with Crippen LogP contribution in [0.3, 0.4) is 0 Å². The summed E-state index contributed by atoms with van der Waals surface area (Å²) in [4.78, 5) is 44.0. The maximum Gasteiger partial charge on any atom is 0.226 e. The average molecular weight is 483 g/mol. The van der Waals surface area contributed by atoms with Crippen LogP contribution in [0.4, 0.5) is 5.82 Å². The number of carbonyl (C=O) groups excluding carboxylic acids is 3. The van der Waals surface area contributed by atoms with Crippen LogP contribution in [-0.4, -0.2) is 47.2 Å².